The van der Waals surface area contributed by atoms with E-state index in [1.54, 1.807) is 0 Å². The summed E-state index contributed by atoms with van der Waals surface area (Å²) in [5.74, 6) is 0.836. The summed E-state index contributed by atoms with van der Waals surface area (Å²) in [5.41, 5.74) is 8.04. The molecule has 4 heteroatoms. The van der Waals surface area contributed by atoms with Gasteiger partial charge in [0.1, 0.15) is 5.76 Å². The number of hydrogen-bond donors (Lipinski definition) is 2. The van der Waals surface area contributed by atoms with E-state index < -0.39 is 0 Å². The van der Waals surface area contributed by atoms with Crippen molar-refractivity contribution in [2.45, 2.75) is 13.0 Å². The summed E-state index contributed by atoms with van der Waals surface area (Å²) in [5, 5.41) is 3.39. The topological polar surface area (TPSA) is 51.2 Å². The van der Waals surface area contributed by atoms with Gasteiger partial charge in [0.05, 0.1) is 6.04 Å². The van der Waals surface area contributed by atoms with Gasteiger partial charge in [0.2, 0.25) is 0 Å². The van der Waals surface area contributed by atoms with Gasteiger partial charge in [-0.15, -0.1) is 0 Å². The van der Waals surface area contributed by atoms with E-state index in [4.69, 9.17) is 10.2 Å². The van der Waals surface area contributed by atoms with E-state index in [9.17, 15) is 0 Å². The van der Waals surface area contributed by atoms with Gasteiger partial charge in [-0.25, -0.2) is 0 Å². The van der Waals surface area contributed by atoms with Crippen LogP contribution in [-0.2, 0) is 0 Å². The first kappa shape index (κ1) is 12.2. The maximum atomic E-state index is 5.77. The van der Waals surface area contributed by atoms with Crippen LogP contribution in [-0.4, -0.2) is 6.54 Å². The molecule has 90 valence electrons. The van der Waals surface area contributed by atoms with Crippen LogP contribution in [0.4, 0.5) is 5.69 Å². The second-order valence-electron chi connectivity index (χ2n) is 3.89. The van der Waals surface area contributed by atoms with E-state index in [2.05, 4.69) is 34.2 Å². The fraction of sp³-hybridized carbons (Fsp3) is 0.231. The Morgan fingerprint density at radius 1 is 1.29 bits per heavy atom. The lowest BCUT2D eigenvalue weighted by atomic mass is 10.1. The molecule has 0 radical (unpaired) electrons. The Balaban J connectivity index is 2.18. The number of furan rings is 1. The molecule has 0 saturated carbocycles. The molecule has 17 heavy (non-hydrogen) atoms. The SMILES string of the molecule is Cc1ccccc1NC(CN)c1ccc(Br)o1. The lowest BCUT2D eigenvalue weighted by Gasteiger charge is -2.17. The van der Waals surface area contributed by atoms with Crippen molar-refractivity contribution in [1.29, 1.82) is 0 Å². The molecular weight excluding hydrogens is 280 g/mol. The van der Waals surface area contributed by atoms with Crippen LogP contribution in [0.5, 0.6) is 0 Å². The first-order valence-corrected chi connectivity index (χ1v) is 6.27. The standard InChI is InChI=1S/C13H15BrN2O/c1-9-4-2-3-5-10(9)16-11(8-15)12-6-7-13(14)17-12/h2-7,11,16H,8,15H2,1H3. The summed E-state index contributed by atoms with van der Waals surface area (Å²) >= 11 is 3.29. The lowest BCUT2D eigenvalue weighted by Crippen LogP contribution is -2.20. The van der Waals surface area contributed by atoms with Crippen molar-refractivity contribution >= 4 is 21.6 Å². The van der Waals surface area contributed by atoms with Crippen molar-refractivity contribution in [1.82, 2.24) is 0 Å². The molecule has 1 heterocycles. The van der Waals surface area contributed by atoms with Crippen molar-refractivity contribution in [3.8, 4) is 0 Å². The monoisotopic (exact) mass is 294 g/mol. The third kappa shape index (κ3) is 2.90. The van der Waals surface area contributed by atoms with E-state index in [-0.39, 0.29) is 6.04 Å². The zero-order chi connectivity index (χ0) is 12.3. The number of anilines is 1. The first-order valence-electron chi connectivity index (χ1n) is 5.48. The molecule has 3 N–H and O–H groups in total. The summed E-state index contributed by atoms with van der Waals surface area (Å²) in [6.07, 6.45) is 0. The molecule has 2 aromatic rings. The fourth-order valence-corrected chi connectivity index (χ4v) is 2.00. The number of benzene rings is 1. The molecule has 0 aliphatic carbocycles. The van der Waals surface area contributed by atoms with Gasteiger partial charge >= 0.3 is 0 Å². The summed E-state index contributed by atoms with van der Waals surface area (Å²) in [4.78, 5) is 0. The molecule has 0 saturated heterocycles. The molecule has 1 unspecified atom stereocenters. The maximum absolute atomic E-state index is 5.77. The minimum Gasteiger partial charge on any atom is -0.452 e. The molecule has 0 amide bonds. The highest BCUT2D eigenvalue weighted by Gasteiger charge is 2.14. The molecule has 0 fully saturated rings. The predicted octanol–water partition coefficient (Wildman–Crippen LogP) is 3.46. The molecule has 1 aromatic carbocycles. The van der Waals surface area contributed by atoms with Gasteiger partial charge in [-0.05, 0) is 46.6 Å². The largest absolute Gasteiger partial charge is 0.452 e. The quantitative estimate of drug-likeness (QED) is 0.908. The second-order valence-corrected chi connectivity index (χ2v) is 4.67. The molecule has 0 aliphatic heterocycles. The molecule has 1 aromatic heterocycles. The van der Waals surface area contributed by atoms with Gasteiger partial charge in [0.15, 0.2) is 4.67 Å². The third-order valence-corrected chi connectivity index (χ3v) is 3.07. The highest BCUT2D eigenvalue weighted by Crippen LogP contribution is 2.24. The van der Waals surface area contributed by atoms with Crippen molar-refractivity contribution in [2.24, 2.45) is 5.73 Å². The van der Waals surface area contributed by atoms with Gasteiger partial charge in [0, 0.05) is 12.2 Å². The van der Waals surface area contributed by atoms with Crippen molar-refractivity contribution in [2.75, 3.05) is 11.9 Å². The Morgan fingerprint density at radius 2 is 2.06 bits per heavy atom. The van der Waals surface area contributed by atoms with Crippen LogP contribution >= 0.6 is 15.9 Å². The molecule has 1 atom stereocenters. The minimum atomic E-state index is -0.0117. The van der Waals surface area contributed by atoms with Crippen LogP contribution in [0.2, 0.25) is 0 Å². The van der Waals surface area contributed by atoms with Crippen molar-refractivity contribution in [3.05, 3.63) is 52.4 Å². The second kappa shape index (κ2) is 5.38. The van der Waals surface area contributed by atoms with Crippen molar-refractivity contribution in [3.63, 3.8) is 0 Å². The molecule has 0 spiro atoms. The number of hydrogen-bond acceptors (Lipinski definition) is 3. The highest BCUT2D eigenvalue weighted by molar-refractivity contribution is 9.10. The van der Waals surface area contributed by atoms with Gasteiger partial charge < -0.3 is 15.5 Å². The third-order valence-electron chi connectivity index (χ3n) is 2.65. The number of rotatable bonds is 4. The van der Waals surface area contributed by atoms with Crippen LogP contribution in [0, 0.1) is 6.92 Å². The number of nitrogens with one attached hydrogen (secondary N) is 1. The van der Waals surface area contributed by atoms with Crippen molar-refractivity contribution < 1.29 is 4.42 Å². The average Bonchev–Trinajstić information content (AvgIpc) is 2.75. The minimum absolute atomic E-state index is 0.0117. The Bertz CT molecular complexity index is 496. The van der Waals surface area contributed by atoms with Crippen LogP contribution < -0.4 is 11.1 Å². The normalized spacial score (nSPS) is 12.4. The first-order chi connectivity index (χ1) is 8.20. The summed E-state index contributed by atoms with van der Waals surface area (Å²) < 4.78 is 6.24. The van der Waals surface area contributed by atoms with Gasteiger partial charge in [0.25, 0.3) is 0 Å². The Hall–Kier alpha value is -1.26. The number of nitrogens with two attached hydrogens (primary N) is 1. The number of para-hydroxylation sites is 1. The number of halogens is 1. The highest BCUT2D eigenvalue weighted by atomic mass is 79.9. The summed E-state index contributed by atoms with van der Waals surface area (Å²) in [7, 11) is 0. The number of aryl methyl sites for hydroxylation is 1. The van der Waals surface area contributed by atoms with Crippen LogP contribution in [0.1, 0.15) is 17.4 Å². The fourth-order valence-electron chi connectivity index (χ4n) is 1.68. The molecule has 2 rings (SSSR count). The van der Waals surface area contributed by atoms with E-state index in [0.717, 1.165) is 16.1 Å². The maximum Gasteiger partial charge on any atom is 0.169 e. The van der Waals surface area contributed by atoms with Crippen LogP contribution in [0.3, 0.4) is 0 Å². The molecule has 0 aliphatic rings. The van der Waals surface area contributed by atoms with E-state index in [1.165, 1.54) is 5.56 Å². The predicted molar refractivity (Wildman–Crippen MR) is 73.0 cm³/mol. The van der Waals surface area contributed by atoms with E-state index in [0.29, 0.717) is 6.54 Å². The van der Waals surface area contributed by atoms with E-state index >= 15 is 0 Å². The van der Waals surface area contributed by atoms with Gasteiger partial charge in [-0.1, -0.05) is 18.2 Å². The molecule has 3 nitrogen and oxygen atoms in total. The van der Waals surface area contributed by atoms with E-state index in [1.807, 2.05) is 30.3 Å². The zero-order valence-corrected chi connectivity index (χ0v) is 11.2. The van der Waals surface area contributed by atoms with Gasteiger partial charge in [-0.2, -0.15) is 0 Å². The Labute approximate surface area is 109 Å². The van der Waals surface area contributed by atoms with Gasteiger partial charge in [-0.3, -0.25) is 0 Å². The summed E-state index contributed by atoms with van der Waals surface area (Å²) in [6, 6.07) is 11.9. The smallest absolute Gasteiger partial charge is 0.169 e. The Morgan fingerprint density at radius 3 is 2.65 bits per heavy atom. The average molecular weight is 295 g/mol. The van der Waals surface area contributed by atoms with Crippen LogP contribution in [0.15, 0.2) is 45.5 Å². The Kier molecular flexibility index (Phi) is 3.86. The zero-order valence-electron chi connectivity index (χ0n) is 9.61. The van der Waals surface area contributed by atoms with Crippen LogP contribution in [0.25, 0.3) is 0 Å². The lowest BCUT2D eigenvalue weighted by molar-refractivity contribution is 0.463. The molecular formula is C13H15BrN2O. The summed E-state index contributed by atoms with van der Waals surface area (Å²) in [6.45, 7) is 2.54. The molecule has 0 bridgehead atoms.